The van der Waals surface area contributed by atoms with Crippen LogP contribution in [0.4, 0.5) is 0 Å². The summed E-state index contributed by atoms with van der Waals surface area (Å²) in [6, 6.07) is 0. The Balaban J connectivity index is 6.45. The van der Waals surface area contributed by atoms with Crippen LogP contribution < -0.4 is 15.3 Å². The van der Waals surface area contributed by atoms with Gasteiger partial charge in [0.2, 0.25) is 0 Å². The Morgan fingerprint density at radius 2 is 1.31 bits per heavy atom. The Kier molecular flexibility index (Phi) is 12.1. The van der Waals surface area contributed by atoms with Crippen LogP contribution in [0.2, 0.25) is 0 Å². The fourth-order valence-corrected chi connectivity index (χ4v) is 4.25. The fraction of sp³-hybridized carbons (Fsp3) is 0.864. The van der Waals surface area contributed by atoms with Gasteiger partial charge in [0.05, 0.1) is 11.9 Å². The standard InChI is InChI=1S/C22H40O7/c1-5-9-12-16(8-4)15-17(18(23)24)22(29,20(27)28)21(19(25)26,13-10-6-2)14-11-7-3/h16-17,29H,5-15H2,1-4H3,(H,23,24)(H,25,26)(H,27,28)/p-3. The number of rotatable bonds is 17. The Morgan fingerprint density at radius 1 is 0.828 bits per heavy atom. The van der Waals surface area contributed by atoms with Gasteiger partial charge in [-0.15, -0.1) is 0 Å². The molecule has 0 bridgehead atoms. The van der Waals surface area contributed by atoms with Crippen molar-refractivity contribution in [3.63, 3.8) is 0 Å². The van der Waals surface area contributed by atoms with Crippen molar-refractivity contribution in [2.75, 3.05) is 0 Å². The van der Waals surface area contributed by atoms with Crippen LogP contribution in [0, 0.1) is 17.3 Å². The SMILES string of the molecule is CCCCC(CC)CC(C(=O)[O-])C(O)(C(=O)[O-])C(CCCC)(CCCC)C(=O)[O-]. The molecule has 0 spiro atoms. The molecule has 0 aliphatic heterocycles. The number of aliphatic carboxylic acids is 3. The minimum atomic E-state index is -3.12. The maximum atomic E-state index is 12.3. The van der Waals surface area contributed by atoms with Crippen LogP contribution in [0.25, 0.3) is 0 Å². The third-order valence-electron chi connectivity index (χ3n) is 6.25. The number of hydrogen-bond donors (Lipinski definition) is 1. The molecule has 7 nitrogen and oxygen atoms in total. The largest absolute Gasteiger partial charge is 0.550 e. The lowest BCUT2D eigenvalue weighted by molar-refractivity contribution is -0.365. The number of carboxylic acids is 3. The minimum Gasteiger partial charge on any atom is -0.550 e. The van der Waals surface area contributed by atoms with Crippen LogP contribution in [0.1, 0.15) is 98.3 Å². The van der Waals surface area contributed by atoms with E-state index < -0.39 is 34.8 Å². The molecule has 0 aliphatic rings. The van der Waals surface area contributed by atoms with Crippen molar-refractivity contribution in [2.45, 2.75) is 104 Å². The molecule has 0 amide bonds. The highest BCUT2D eigenvalue weighted by atomic mass is 16.4. The van der Waals surface area contributed by atoms with Gasteiger partial charge in [0.15, 0.2) is 0 Å². The zero-order valence-electron chi connectivity index (χ0n) is 18.3. The molecule has 0 heterocycles. The Morgan fingerprint density at radius 3 is 1.62 bits per heavy atom. The summed E-state index contributed by atoms with van der Waals surface area (Å²) in [5.41, 5.74) is -5.37. The zero-order chi connectivity index (χ0) is 22.7. The average molecular weight is 414 g/mol. The number of aliphatic hydroxyl groups is 1. The predicted molar refractivity (Wildman–Crippen MR) is 103 cm³/mol. The van der Waals surface area contributed by atoms with E-state index in [0.717, 1.165) is 12.8 Å². The molecule has 0 aromatic carbocycles. The molecule has 0 rings (SSSR count). The zero-order valence-corrected chi connectivity index (χ0v) is 18.3. The highest BCUT2D eigenvalue weighted by Gasteiger charge is 2.56. The summed E-state index contributed by atoms with van der Waals surface area (Å²) in [4.78, 5) is 36.5. The Labute approximate surface area is 174 Å². The molecule has 3 atom stereocenters. The van der Waals surface area contributed by atoms with E-state index in [1.165, 1.54) is 0 Å². The van der Waals surface area contributed by atoms with Gasteiger partial charge in [-0.3, -0.25) is 0 Å². The molecule has 0 fully saturated rings. The molecule has 1 N–H and O–H groups in total. The first-order valence-electron chi connectivity index (χ1n) is 10.9. The van der Waals surface area contributed by atoms with E-state index in [-0.39, 0.29) is 25.2 Å². The van der Waals surface area contributed by atoms with Gasteiger partial charge in [-0.05, 0) is 25.2 Å². The Bertz CT molecular complexity index is 523. The van der Waals surface area contributed by atoms with Gasteiger partial charge >= 0.3 is 0 Å². The molecular formula is C22H37O7-3. The van der Waals surface area contributed by atoms with Crippen LogP contribution in [-0.2, 0) is 14.4 Å². The van der Waals surface area contributed by atoms with Crippen molar-refractivity contribution >= 4 is 17.9 Å². The van der Waals surface area contributed by atoms with Gasteiger partial charge in [-0.2, -0.15) is 0 Å². The third kappa shape index (κ3) is 6.43. The highest BCUT2D eigenvalue weighted by molar-refractivity contribution is 5.91. The second kappa shape index (κ2) is 12.8. The van der Waals surface area contributed by atoms with Gasteiger partial charge in [0.1, 0.15) is 5.60 Å². The first-order chi connectivity index (χ1) is 13.6. The second-order valence-electron chi connectivity index (χ2n) is 8.15. The number of carbonyl (C=O) groups is 3. The van der Waals surface area contributed by atoms with E-state index >= 15 is 0 Å². The van der Waals surface area contributed by atoms with E-state index in [9.17, 15) is 34.8 Å². The highest BCUT2D eigenvalue weighted by Crippen LogP contribution is 2.47. The summed E-state index contributed by atoms with van der Waals surface area (Å²) in [5.74, 6) is -7.70. The van der Waals surface area contributed by atoms with Gasteiger partial charge in [-0.1, -0.05) is 79.1 Å². The maximum Gasteiger partial charge on any atom is 0.123 e. The smallest absolute Gasteiger partial charge is 0.123 e. The molecule has 29 heavy (non-hydrogen) atoms. The predicted octanol–water partition coefficient (Wildman–Crippen LogP) is 0.557. The number of carbonyl (C=O) groups excluding carboxylic acids is 3. The molecule has 170 valence electrons. The van der Waals surface area contributed by atoms with Crippen LogP contribution in [0.5, 0.6) is 0 Å². The summed E-state index contributed by atoms with van der Waals surface area (Å²) in [7, 11) is 0. The summed E-state index contributed by atoms with van der Waals surface area (Å²) < 4.78 is 0. The van der Waals surface area contributed by atoms with Crippen LogP contribution in [-0.4, -0.2) is 28.6 Å². The van der Waals surface area contributed by atoms with Crippen LogP contribution in [0.15, 0.2) is 0 Å². The number of hydrogen-bond acceptors (Lipinski definition) is 7. The second-order valence-corrected chi connectivity index (χ2v) is 8.15. The number of unbranched alkanes of at least 4 members (excludes halogenated alkanes) is 3. The van der Waals surface area contributed by atoms with Gasteiger partial charge < -0.3 is 34.8 Å². The molecule has 3 unspecified atom stereocenters. The van der Waals surface area contributed by atoms with E-state index in [1.54, 1.807) is 13.8 Å². The van der Waals surface area contributed by atoms with Crippen molar-refractivity contribution in [1.82, 2.24) is 0 Å². The van der Waals surface area contributed by atoms with E-state index in [2.05, 4.69) is 0 Å². The normalized spacial score (nSPS) is 16.0. The molecule has 0 radical (unpaired) electrons. The molecule has 0 saturated carbocycles. The van der Waals surface area contributed by atoms with Crippen molar-refractivity contribution in [2.24, 2.45) is 17.3 Å². The molecule has 0 aromatic heterocycles. The summed E-state index contributed by atoms with van der Waals surface area (Å²) in [6.07, 6.45) is 4.06. The minimum absolute atomic E-state index is 0.180. The molecule has 0 saturated heterocycles. The Hall–Kier alpha value is -1.63. The third-order valence-corrected chi connectivity index (χ3v) is 6.25. The van der Waals surface area contributed by atoms with E-state index in [4.69, 9.17) is 0 Å². The first kappa shape index (κ1) is 27.4. The molecular weight excluding hydrogens is 376 g/mol. The summed E-state index contributed by atoms with van der Waals surface area (Å²) in [5, 5.41) is 47.8. The molecule has 0 aromatic rings. The lowest BCUT2D eigenvalue weighted by Crippen LogP contribution is -2.71. The van der Waals surface area contributed by atoms with Gasteiger partial charge in [0.25, 0.3) is 0 Å². The lowest BCUT2D eigenvalue weighted by Gasteiger charge is -2.53. The fourth-order valence-electron chi connectivity index (χ4n) is 4.25. The topological polar surface area (TPSA) is 141 Å². The van der Waals surface area contributed by atoms with Crippen LogP contribution in [0.3, 0.4) is 0 Å². The summed E-state index contributed by atoms with van der Waals surface area (Å²) >= 11 is 0. The number of carboxylic acid groups (broad SMARTS) is 3. The maximum absolute atomic E-state index is 12.3. The monoisotopic (exact) mass is 413 g/mol. The average Bonchev–Trinajstić information content (AvgIpc) is 2.67. The molecule has 7 heteroatoms. The first-order valence-corrected chi connectivity index (χ1v) is 10.9. The van der Waals surface area contributed by atoms with Gasteiger partial charge in [0, 0.05) is 17.3 Å². The van der Waals surface area contributed by atoms with Crippen LogP contribution >= 0.6 is 0 Å². The van der Waals surface area contributed by atoms with Crippen molar-refractivity contribution in [3.8, 4) is 0 Å². The van der Waals surface area contributed by atoms with Crippen molar-refractivity contribution in [1.29, 1.82) is 0 Å². The van der Waals surface area contributed by atoms with Gasteiger partial charge in [-0.25, -0.2) is 0 Å². The van der Waals surface area contributed by atoms with E-state index in [0.29, 0.717) is 38.5 Å². The van der Waals surface area contributed by atoms with Crippen molar-refractivity contribution < 1.29 is 34.8 Å². The lowest BCUT2D eigenvalue weighted by atomic mass is 9.59. The molecule has 0 aliphatic carbocycles. The van der Waals surface area contributed by atoms with Crippen molar-refractivity contribution in [3.05, 3.63) is 0 Å². The summed E-state index contributed by atoms with van der Waals surface area (Å²) in [6.45, 7) is 7.43. The quantitative estimate of drug-likeness (QED) is 0.367. The van der Waals surface area contributed by atoms with E-state index in [1.807, 2.05) is 13.8 Å².